The Labute approximate surface area is 160 Å². The fourth-order valence-corrected chi connectivity index (χ4v) is 3.85. The Bertz CT molecular complexity index is 1010. The third-order valence-electron chi connectivity index (χ3n) is 4.02. The Balaban J connectivity index is 1.92. The number of hydrogen-bond donors (Lipinski definition) is 0. The molecule has 0 fully saturated rings. The standard InChI is InChI=1S/C20H21FN2O3S/c1-3-26-10-9-23-17-8-7-15(21)13-18(17)27-20(23)22-19(24)12-14-5-4-6-16(11-14)25-2/h4-8,11,13H,3,9-10,12H2,1-2H3. The lowest BCUT2D eigenvalue weighted by molar-refractivity contribution is -0.117. The summed E-state index contributed by atoms with van der Waals surface area (Å²) in [7, 11) is 1.59. The summed E-state index contributed by atoms with van der Waals surface area (Å²) >= 11 is 1.30. The summed E-state index contributed by atoms with van der Waals surface area (Å²) in [4.78, 5) is 17.3. The summed E-state index contributed by atoms with van der Waals surface area (Å²) in [5.41, 5.74) is 1.67. The highest BCUT2D eigenvalue weighted by molar-refractivity contribution is 7.16. The molecular formula is C20H21FN2O3S. The highest BCUT2D eigenvalue weighted by Crippen LogP contribution is 2.19. The Hall–Kier alpha value is -2.51. The lowest BCUT2D eigenvalue weighted by Crippen LogP contribution is -2.20. The first-order valence-electron chi connectivity index (χ1n) is 8.68. The molecule has 142 valence electrons. The molecule has 0 aliphatic heterocycles. The molecule has 0 unspecified atom stereocenters. The molecule has 0 aliphatic rings. The number of ether oxygens (including phenoxy) is 2. The van der Waals surface area contributed by atoms with Crippen molar-refractivity contribution in [2.75, 3.05) is 20.3 Å². The van der Waals surface area contributed by atoms with Crippen LogP contribution in [0.2, 0.25) is 0 Å². The van der Waals surface area contributed by atoms with Crippen molar-refractivity contribution in [2.24, 2.45) is 4.99 Å². The third-order valence-corrected chi connectivity index (χ3v) is 5.06. The molecule has 0 atom stereocenters. The second kappa shape index (κ2) is 8.92. The van der Waals surface area contributed by atoms with Gasteiger partial charge in [0, 0.05) is 13.2 Å². The molecular weight excluding hydrogens is 367 g/mol. The van der Waals surface area contributed by atoms with Crippen molar-refractivity contribution in [3.63, 3.8) is 0 Å². The van der Waals surface area contributed by atoms with Crippen LogP contribution in [0.1, 0.15) is 12.5 Å². The molecule has 0 aliphatic carbocycles. The van der Waals surface area contributed by atoms with E-state index in [9.17, 15) is 9.18 Å². The summed E-state index contributed by atoms with van der Waals surface area (Å²) in [6, 6.07) is 11.9. The SMILES string of the molecule is CCOCCn1c(=NC(=O)Cc2cccc(OC)c2)sc2cc(F)ccc21. The first-order valence-corrected chi connectivity index (χ1v) is 9.49. The van der Waals surface area contributed by atoms with Gasteiger partial charge in [-0.2, -0.15) is 4.99 Å². The fourth-order valence-electron chi connectivity index (χ4n) is 2.75. The van der Waals surface area contributed by atoms with E-state index in [1.807, 2.05) is 35.8 Å². The molecule has 7 heteroatoms. The second-order valence-corrected chi connectivity index (χ2v) is 6.89. The molecule has 1 aromatic heterocycles. The van der Waals surface area contributed by atoms with Gasteiger partial charge >= 0.3 is 0 Å². The highest BCUT2D eigenvalue weighted by atomic mass is 32.1. The van der Waals surface area contributed by atoms with Crippen LogP contribution >= 0.6 is 11.3 Å². The van der Waals surface area contributed by atoms with E-state index < -0.39 is 0 Å². The molecule has 27 heavy (non-hydrogen) atoms. The summed E-state index contributed by atoms with van der Waals surface area (Å²) < 4.78 is 26.8. The van der Waals surface area contributed by atoms with E-state index in [0.717, 1.165) is 15.8 Å². The molecule has 0 saturated heterocycles. The average molecular weight is 388 g/mol. The van der Waals surface area contributed by atoms with Crippen molar-refractivity contribution in [2.45, 2.75) is 19.9 Å². The zero-order valence-electron chi connectivity index (χ0n) is 15.3. The molecule has 2 aromatic carbocycles. The van der Waals surface area contributed by atoms with Crippen LogP contribution in [0, 0.1) is 5.82 Å². The lowest BCUT2D eigenvalue weighted by Gasteiger charge is -2.05. The van der Waals surface area contributed by atoms with E-state index in [1.165, 1.54) is 23.5 Å². The van der Waals surface area contributed by atoms with Crippen molar-refractivity contribution >= 4 is 27.5 Å². The molecule has 0 spiro atoms. The van der Waals surface area contributed by atoms with Gasteiger partial charge in [0.25, 0.3) is 5.91 Å². The van der Waals surface area contributed by atoms with Crippen LogP contribution in [0.15, 0.2) is 47.5 Å². The molecule has 3 aromatic rings. The predicted molar refractivity (Wildman–Crippen MR) is 104 cm³/mol. The summed E-state index contributed by atoms with van der Waals surface area (Å²) in [5, 5.41) is 0. The van der Waals surface area contributed by atoms with Crippen LogP contribution in [0.3, 0.4) is 0 Å². The zero-order valence-corrected chi connectivity index (χ0v) is 16.1. The minimum atomic E-state index is -0.310. The number of rotatable bonds is 7. The van der Waals surface area contributed by atoms with Crippen LogP contribution in [-0.4, -0.2) is 30.8 Å². The van der Waals surface area contributed by atoms with Crippen molar-refractivity contribution in [1.29, 1.82) is 0 Å². The molecule has 0 bridgehead atoms. The zero-order chi connectivity index (χ0) is 19.2. The minimum absolute atomic E-state index is 0.172. The smallest absolute Gasteiger partial charge is 0.252 e. The molecule has 1 heterocycles. The summed E-state index contributed by atoms with van der Waals surface area (Å²) in [6.07, 6.45) is 0.172. The Morgan fingerprint density at radius 3 is 2.89 bits per heavy atom. The van der Waals surface area contributed by atoms with Crippen LogP contribution in [0.5, 0.6) is 5.75 Å². The van der Waals surface area contributed by atoms with Crippen molar-refractivity contribution in [3.8, 4) is 5.75 Å². The van der Waals surface area contributed by atoms with Crippen LogP contribution in [-0.2, 0) is 22.5 Å². The number of methoxy groups -OCH3 is 1. The topological polar surface area (TPSA) is 52.8 Å². The maximum atomic E-state index is 13.6. The van der Waals surface area contributed by atoms with Crippen LogP contribution in [0.4, 0.5) is 4.39 Å². The molecule has 3 rings (SSSR count). The van der Waals surface area contributed by atoms with Crippen LogP contribution in [0.25, 0.3) is 10.2 Å². The summed E-state index contributed by atoms with van der Waals surface area (Å²) in [6.45, 7) is 3.58. The van der Waals surface area contributed by atoms with Crippen molar-refractivity contribution in [1.82, 2.24) is 4.57 Å². The van der Waals surface area contributed by atoms with Gasteiger partial charge in [0.2, 0.25) is 0 Å². The summed E-state index contributed by atoms with van der Waals surface area (Å²) in [5.74, 6) is 0.125. The molecule has 5 nitrogen and oxygen atoms in total. The van der Waals surface area contributed by atoms with Gasteiger partial charge in [-0.3, -0.25) is 4.79 Å². The van der Waals surface area contributed by atoms with Gasteiger partial charge in [-0.15, -0.1) is 0 Å². The quantitative estimate of drug-likeness (QED) is 0.582. The number of carbonyl (C=O) groups is 1. The number of fused-ring (bicyclic) bond motifs is 1. The molecule has 0 N–H and O–H groups in total. The highest BCUT2D eigenvalue weighted by Gasteiger charge is 2.10. The number of hydrogen-bond acceptors (Lipinski definition) is 4. The molecule has 0 saturated carbocycles. The Kier molecular flexibility index (Phi) is 6.36. The molecule has 0 radical (unpaired) electrons. The number of amides is 1. The largest absolute Gasteiger partial charge is 0.497 e. The van der Waals surface area contributed by atoms with E-state index in [4.69, 9.17) is 9.47 Å². The van der Waals surface area contributed by atoms with Gasteiger partial charge in [-0.1, -0.05) is 23.5 Å². The van der Waals surface area contributed by atoms with E-state index in [0.29, 0.717) is 30.3 Å². The van der Waals surface area contributed by atoms with E-state index in [1.54, 1.807) is 13.2 Å². The van der Waals surface area contributed by atoms with Crippen LogP contribution < -0.4 is 9.54 Å². The number of thiazole rings is 1. The number of halogens is 1. The number of benzene rings is 2. The van der Waals surface area contributed by atoms with Gasteiger partial charge in [0.1, 0.15) is 11.6 Å². The van der Waals surface area contributed by atoms with Gasteiger partial charge in [0.15, 0.2) is 4.80 Å². The van der Waals surface area contributed by atoms with E-state index in [-0.39, 0.29) is 18.1 Å². The van der Waals surface area contributed by atoms with E-state index in [2.05, 4.69) is 4.99 Å². The lowest BCUT2D eigenvalue weighted by atomic mass is 10.1. The monoisotopic (exact) mass is 388 g/mol. The Morgan fingerprint density at radius 2 is 2.11 bits per heavy atom. The second-order valence-electron chi connectivity index (χ2n) is 5.88. The number of aromatic nitrogens is 1. The van der Waals surface area contributed by atoms with Crippen molar-refractivity contribution < 1.29 is 18.7 Å². The maximum Gasteiger partial charge on any atom is 0.252 e. The van der Waals surface area contributed by atoms with E-state index >= 15 is 0 Å². The van der Waals surface area contributed by atoms with Crippen molar-refractivity contribution in [3.05, 3.63) is 58.6 Å². The van der Waals surface area contributed by atoms with Gasteiger partial charge in [-0.05, 0) is 42.8 Å². The molecule has 1 amide bonds. The first kappa shape index (κ1) is 19.3. The number of nitrogens with zero attached hydrogens (tertiary/aromatic N) is 2. The predicted octanol–water partition coefficient (Wildman–Crippen LogP) is 3.56. The van der Waals surface area contributed by atoms with Gasteiger partial charge < -0.3 is 14.0 Å². The maximum absolute atomic E-state index is 13.6. The first-order chi connectivity index (χ1) is 13.1. The van der Waals surface area contributed by atoms with Gasteiger partial charge in [0.05, 0.1) is 30.4 Å². The van der Waals surface area contributed by atoms with Gasteiger partial charge in [-0.25, -0.2) is 4.39 Å². The third kappa shape index (κ3) is 4.81. The fraction of sp³-hybridized carbons (Fsp3) is 0.300. The average Bonchev–Trinajstić information content (AvgIpc) is 2.98. The number of carbonyl (C=O) groups excluding carboxylic acids is 1. The minimum Gasteiger partial charge on any atom is -0.497 e. The Morgan fingerprint density at radius 1 is 1.26 bits per heavy atom. The normalized spacial score (nSPS) is 11.9.